The molecular formula is C33H36N8O5. The lowest BCUT2D eigenvalue weighted by atomic mass is 9.98. The van der Waals surface area contributed by atoms with Gasteiger partial charge in [-0.1, -0.05) is 0 Å². The van der Waals surface area contributed by atoms with E-state index < -0.39 is 5.97 Å². The molecular weight excluding hydrogens is 588 g/mol. The fraction of sp³-hybridized carbons (Fsp3) is 0.394. The van der Waals surface area contributed by atoms with Crippen LogP contribution in [-0.4, -0.2) is 73.6 Å². The van der Waals surface area contributed by atoms with Crippen LogP contribution in [0, 0.1) is 0 Å². The summed E-state index contributed by atoms with van der Waals surface area (Å²) in [4.78, 5) is 56.5. The largest absolute Gasteiger partial charge is 0.486 e. The van der Waals surface area contributed by atoms with E-state index in [4.69, 9.17) is 9.47 Å². The van der Waals surface area contributed by atoms with Gasteiger partial charge in [0.25, 0.3) is 11.5 Å². The van der Waals surface area contributed by atoms with Crippen molar-refractivity contribution in [2.24, 2.45) is 7.05 Å². The van der Waals surface area contributed by atoms with Gasteiger partial charge >= 0.3 is 5.97 Å². The smallest absolute Gasteiger partial charge is 0.302 e. The Bertz CT molecular complexity index is 1880. The minimum atomic E-state index is -0.467. The van der Waals surface area contributed by atoms with Crippen LogP contribution in [0.15, 0.2) is 47.7 Å². The van der Waals surface area contributed by atoms with E-state index in [9.17, 15) is 14.4 Å². The van der Waals surface area contributed by atoms with Crippen LogP contribution >= 0.6 is 0 Å². The van der Waals surface area contributed by atoms with Crippen molar-refractivity contribution in [1.82, 2.24) is 29.0 Å². The molecule has 0 aromatic carbocycles. The first-order valence-corrected chi connectivity index (χ1v) is 15.6. The summed E-state index contributed by atoms with van der Waals surface area (Å²) in [5.41, 5.74) is 4.35. The van der Waals surface area contributed by atoms with Gasteiger partial charge in [-0.3, -0.25) is 24.2 Å². The van der Waals surface area contributed by atoms with Crippen LogP contribution in [0.2, 0.25) is 0 Å². The topological polar surface area (TPSA) is 137 Å². The van der Waals surface area contributed by atoms with Gasteiger partial charge in [-0.2, -0.15) is 0 Å². The molecule has 4 aromatic heterocycles. The number of carbonyl (C=O) groups is 2. The van der Waals surface area contributed by atoms with Crippen LogP contribution in [0.4, 0.5) is 17.5 Å². The number of likely N-dealkylation sites (tertiary alicyclic amines) is 1. The summed E-state index contributed by atoms with van der Waals surface area (Å²) in [5, 5.41) is 3.04. The number of aryl methyl sites for hydroxylation is 2. The van der Waals surface area contributed by atoms with Crippen molar-refractivity contribution >= 4 is 29.3 Å². The summed E-state index contributed by atoms with van der Waals surface area (Å²) < 4.78 is 15.0. The van der Waals surface area contributed by atoms with Gasteiger partial charge in [0.1, 0.15) is 35.8 Å². The fourth-order valence-corrected chi connectivity index (χ4v) is 6.48. The van der Waals surface area contributed by atoms with Gasteiger partial charge in [-0.05, 0) is 62.6 Å². The van der Waals surface area contributed by atoms with Crippen LogP contribution < -0.4 is 20.5 Å². The van der Waals surface area contributed by atoms with Gasteiger partial charge < -0.3 is 23.9 Å². The zero-order valence-corrected chi connectivity index (χ0v) is 26.2. The number of rotatable bonds is 8. The second kappa shape index (κ2) is 12.0. The molecule has 2 aliphatic heterocycles. The lowest BCUT2D eigenvalue weighted by molar-refractivity contribution is -0.142. The molecule has 0 unspecified atom stereocenters. The first kappa shape index (κ1) is 29.7. The number of likely N-dealkylation sites (N-methyl/N-ethyl adjacent to an activating group) is 1. The highest BCUT2D eigenvalue weighted by molar-refractivity contribution is 6.06. The van der Waals surface area contributed by atoms with E-state index in [2.05, 4.69) is 29.7 Å². The molecule has 6 heterocycles. The van der Waals surface area contributed by atoms with E-state index in [1.165, 1.54) is 22.7 Å². The number of carbonyl (C=O) groups excluding carboxylic acids is 2. The summed E-state index contributed by atoms with van der Waals surface area (Å²) >= 11 is 0. The van der Waals surface area contributed by atoms with Crippen molar-refractivity contribution in [2.75, 3.05) is 36.9 Å². The molecule has 0 bridgehead atoms. The SMILES string of the molecule is CC(=O)OCc1c(-c2cn(C)c(=O)c(Nc3ccc(OC4CN(C)C4)cn3)n2)ccnc1N1CCn2c(cc3c2CCCC3)C1=O. The maximum atomic E-state index is 13.9. The van der Waals surface area contributed by atoms with E-state index in [0.717, 1.165) is 38.8 Å². The summed E-state index contributed by atoms with van der Waals surface area (Å²) in [6.07, 6.45) is 9.19. The van der Waals surface area contributed by atoms with E-state index >= 15 is 0 Å². The van der Waals surface area contributed by atoms with Crippen molar-refractivity contribution in [3.63, 3.8) is 0 Å². The Kier molecular flexibility index (Phi) is 7.77. The Labute approximate surface area is 265 Å². The molecule has 46 heavy (non-hydrogen) atoms. The van der Waals surface area contributed by atoms with Crippen molar-refractivity contribution < 1.29 is 19.1 Å². The number of pyridine rings is 2. The number of fused-ring (bicyclic) bond motifs is 3. The minimum Gasteiger partial charge on any atom is -0.486 e. The van der Waals surface area contributed by atoms with E-state index in [-0.39, 0.29) is 30.0 Å². The molecule has 0 atom stereocenters. The highest BCUT2D eigenvalue weighted by atomic mass is 16.5. The predicted molar refractivity (Wildman–Crippen MR) is 170 cm³/mol. The molecule has 1 saturated heterocycles. The molecule has 4 aromatic rings. The zero-order chi connectivity index (χ0) is 31.9. The molecule has 0 saturated carbocycles. The maximum Gasteiger partial charge on any atom is 0.302 e. The monoisotopic (exact) mass is 624 g/mol. The van der Waals surface area contributed by atoms with Crippen LogP contribution in [0.3, 0.4) is 0 Å². The lowest BCUT2D eigenvalue weighted by Gasteiger charge is -2.35. The van der Waals surface area contributed by atoms with Gasteiger partial charge in [-0.15, -0.1) is 0 Å². The number of esters is 1. The summed E-state index contributed by atoms with van der Waals surface area (Å²) in [6.45, 7) is 4.01. The third-order valence-corrected chi connectivity index (χ3v) is 8.79. The predicted octanol–water partition coefficient (Wildman–Crippen LogP) is 3.08. The minimum absolute atomic E-state index is 0.0658. The molecule has 0 radical (unpaired) electrons. The van der Waals surface area contributed by atoms with Crippen molar-refractivity contribution in [3.05, 3.63) is 75.7 Å². The molecule has 13 heteroatoms. The lowest BCUT2D eigenvalue weighted by Crippen LogP contribution is -2.51. The first-order valence-electron chi connectivity index (χ1n) is 15.6. The van der Waals surface area contributed by atoms with Crippen LogP contribution in [-0.2, 0) is 42.6 Å². The number of nitrogens with one attached hydrogen (secondary N) is 1. The van der Waals surface area contributed by atoms with Crippen molar-refractivity contribution in [1.29, 1.82) is 0 Å². The highest BCUT2D eigenvalue weighted by Gasteiger charge is 2.33. The number of aromatic nitrogens is 5. The highest BCUT2D eigenvalue weighted by Crippen LogP contribution is 2.34. The molecule has 1 N–H and O–H groups in total. The quantitative estimate of drug-likeness (QED) is 0.291. The number of hydrogen-bond acceptors (Lipinski definition) is 10. The van der Waals surface area contributed by atoms with E-state index in [1.807, 2.05) is 13.1 Å². The zero-order valence-electron chi connectivity index (χ0n) is 26.2. The molecule has 0 spiro atoms. The Morgan fingerprint density at radius 2 is 1.89 bits per heavy atom. The second-order valence-electron chi connectivity index (χ2n) is 12.1. The molecule has 238 valence electrons. The van der Waals surface area contributed by atoms with E-state index in [0.29, 0.717) is 53.0 Å². The Morgan fingerprint density at radius 3 is 2.65 bits per heavy atom. The van der Waals surface area contributed by atoms with E-state index in [1.54, 1.807) is 48.7 Å². The van der Waals surface area contributed by atoms with Gasteiger partial charge in [0, 0.05) is 69.4 Å². The molecule has 1 aliphatic carbocycles. The van der Waals surface area contributed by atoms with Crippen molar-refractivity contribution in [2.45, 2.75) is 51.9 Å². The second-order valence-corrected chi connectivity index (χ2v) is 12.1. The van der Waals surface area contributed by atoms with Crippen LogP contribution in [0.1, 0.15) is 47.1 Å². The van der Waals surface area contributed by atoms with Gasteiger partial charge in [0.2, 0.25) is 0 Å². The summed E-state index contributed by atoms with van der Waals surface area (Å²) in [5.74, 6) is 0.932. The van der Waals surface area contributed by atoms with Gasteiger partial charge in [-0.25, -0.2) is 15.0 Å². The Hall–Kier alpha value is -5.04. The Morgan fingerprint density at radius 1 is 1.07 bits per heavy atom. The third kappa shape index (κ3) is 5.62. The van der Waals surface area contributed by atoms with Gasteiger partial charge in [0.05, 0.1) is 11.9 Å². The standard InChI is InChI=1S/C33H36N8O5/c1-20(42)45-19-25-24(10-11-34-31(25)41-13-12-40-27-7-5-4-6-21(27)14-28(40)32(41)43)26-18-39(3)33(44)30(36-26)37-29-9-8-22(15-35-29)46-23-16-38(2)17-23/h8-11,14-15,18,23H,4-7,12-13,16-17,19H2,1-3H3,(H,35,36,37). The molecule has 13 nitrogen and oxygen atoms in total. The third-order valence-electron chi connectivity index (χ3n) is 8.79. The number of hydrogen-bond donors (Lipinski definition) is 1. The summed E-state index contributed by atoms with van der Waals surface area (Å²) in [7, 11) is 3.67. The number of anilines is 3. The normalized spacial score (nSPS) is 16.4. The number of amides is 1. The molecule has 7 rings (SSSR count). The maximum absolute atomic E-state index is 13.9. The van der Waals surface area contributed by atoms with Crippen LogP contribution in [0.25, 0.3) is 11.3 Å². The fourth-order valence-electron chi connectivity index (χ4n) is 6.48. The first-order chi connectivity index (χ1) is 22.2. The average Bonchev–Trinajstić information content (AvgIpc) is 3.42. The number of ether oxygens (including phenoxy) is 2. The van der Waals surface area contributed by atoms with Crippen LogP contribution in [0.5, 0.6) is 5.75 Å². The van der Waals surface area contributed by atoms with Gasteiger partial charge in [0.15, 0.2) is 5.82 Å². The average molecular weight is 625 g/mol. The number of nitrogens with zero attached hydrogens (tertiary/aromatic N) is 7. The molecule has 3 aliphatic rings. The Balaban J connectivity index is 1.21. The summed E-state index contributed by atoms with van der Waals surface area (Å²) in [6, 6.07) is 7.30. The molecule has 1 fully saturated rings. The van der Waals surface area contributed by atoms with Crippen molar-refractivity contribution in [3.8, 4) is 17.0 Å². The molecule has 1 amide bonds.